The fourth-order valence-corrected chi connectivity index (χ4v) is 3.30. The first-order chi connectivity index (χ1) is 15.4. The molecule has 8 heteroatoms. The maximum atomic E-state index is 12.4. The lowest BCUT2D eigenvalue weighted by atomic mass is 10.2. The number of methoxy groups -OCH3 is 1. The van der Waals surface area contributed by atoms with Gasteiger partial charge < -0.3 is 23.7 Å². The van der Waals surface area contributed by atoms with Crippen LogP contribution in [0.15, 0.2) is 47.4 Å². The molecular formula is C24H29N3O5. The van der Waals surface area contributed by atoms with Crippen molar-refractivity contribution in [1.29, 1.82) is 0 Å². The molecule has 0 amide bonds. The lowest BCUT2D eigenvalue weighted by Crippen LogP contribution is -2.23. The van der Waals surface area contributed by atoms with Crippen LogP contribution in [0.25, 0.3) is 16.7 Å². The molecule has 8 nitrogen and oxygen atoms in total. The van der Waals surface area contributed by atoms with Gasteiger partial charge in [-0.25, -0.2) is 9.78 Å². The Morgan fingerprint density at radius 2 is 1.84 bits per heavy atom. The van der Waals surface area contributed by atoms with Gasteiger partial charge in [-0.2, -0.15) is 0 Å². The number of hydrogen-bond donors (Lipinski definition) is 0. The fraction of sp³-hybridized carbons (Fsp3) is 0.375. The van der Waals surface area contributed by atoms with Crippen LogP contribution in [0, 0.1) is 5.92 Å². The van der Waals surface area contributed by atoms with Crippen LogP contribution in [0.2, 0.25) is 0 Å². The van der Waals surface area contributed by atoms with Crippen LogP contribution in [0.4, 0.5) is 10.6 Å². The predicted molar refractivity (Wildman–Crippen MR) is 124 cm³/mol. The number of carbonyl (C=O) groups excluding carboxylic acids is 1. The van der Waals surface area contributed by atoms with E-state index >= 15 is 0 Å². The summed E-state index contributed by atoms with van der Waals surface area (Å²) in [5, 5.41) is 0.498. The maximum Gasteiger partial charge on any atom is 0.513 e. The summed E-state index contributed by atoms with van der Waals surface area (Å²) in [6, 6.07) is 10.3. The average molecular weight is 440 g/mol. The summed E-state index contributed by atoms with van der Waals surface area (Å²) in [5.41, 5.74) is 1.06. The molecule has 0 unspecified atom stereocenters. The van der Waals surface area contributed by atoms with Crippen LogP contribution in [0.3, 0.4) is 0 Å². The van der Waals surface area contributed by atoms with Gasteiger partial charge in [0.25, 0.3) is 0 Å². The molecule has 2 heterocycles. The molecule has 0 aliphatic heterocycles. The molecule has 170 valence electrons. The third kappa shape index (κ3) is 5.01. The maximum absolute atomic E-state index is 12.4. The highest BCUT2D eigenvalue weighted by molar-refractivity contribution is 5.79. The lowest BCUT2D eigenvalue weighted by molar-refractivity contribution is 0.0875. The summed E-state index contributed by atoms with van der Waals surface area (Å²) >= 11 is 0. The molecule has 0 saturated carbocycles. The Labute approximate surface area is 187 Å². The first kappa shape index (κ1) is 23.1. The minimum absolute atomic E-state index is 0.114. The Morgan fingerprint density at radius 1 is 1.09 bits per heavy atom. The van der Waals surface area contributed by atoms with E-state index in [0.29, 0.717) is 22.5 Å². The van der Waals surface area contributed by atoms with Crippen LogP contribution in [-0.4, -0.2) is 42.5 Å². The summed E-state index contributed by atoms with van der Waals surface area (Å²) in [5.74, 6) is 1.57. The molecule has 0 N–H and O–H groups in total. The van der Waals surface area contributed by atoms with Gasteiger partial charge in [-0.3, -0.25) is 4.79 Å². The summed E-state index contributed by atoms with van der Waals surface area (Å²) in [6.45, 7) is 9.84. The second-order valence-corrected chi connectivity index (χ2v) is 7.65. The topological polar surface area (TPSA) is 82.9 Å². The van der Waals surface area contributed by atoms with E-state index in [9.17, 15) is 9.59 Å². The van der Waals surface area contributed by atoms with Gasteiger partial charge in [0, 0.05) is 31.4 Å². The van der Waals surface area contributed by atoms with Gasteiger partial charge in [0.15, 0.2) is 22.6 Å². The Hall–Kier alpha value is -3.55. The first-order valence-corrected chi connectivity index (χ1v) is 10.7. The second kappa shape index (κ2) is 10.2. The largest absolute Gasteiger partial charge is 0.513 e. The van der Waals surface area contributed by atoms with Gasteiger partial charge in [-0.05, 0) is 44.0 Å². The molecule has 0 bridgehead atoms. The molecule has 0 spiro atoms. The van der Waals surface area contributed by atoms with E-state index < -0.39 is 6.16 Å². The van der Waals surface area contributed by atoms with E-state index in [4.69, 9.17) is 19.2 Å². The number of anilines is 1. The van der Waals surface area contributed by atoms with E-state index in [2.05, 4.69) is 18.7 Å². The number of rotatable bonds is 8. The van der Waals surface area contributed by atoms with Gasteiger partial charge in [-0.15, -0.1) is 0 Å². The van der Waals surface area contributed by atoms with Crippen LogP contribution in [-0.2, 0) is 4.74 Å². The van der Waals surface area contributed by atoms with Crippen molar-refractivity contribution in [2.75, 3.05) is 31.7 Å². The Balaban J connectivity index is 2.07. The van der Waals surface area contributed by atoms with Crippen molar-refractivity contribution in [3.05, 3.63) is 52.8 Å². The molecule has 3 aromatic rings. The lowest BCUT2D eigenvalue weighted by Gasteiger charge is -2.21. The van der Waals surface area contributed by atoms with Crippen molar-refractivity contribution >= 4 is 23.0 Å². The average Bonchev–Trinajstić information content (AvgIpc) is 2.79. The summed E-state index contributed by atoms with van der Waals surface area (Å²) < 4.78 is 17.6. The van der Waals surface area contributed by atoms with E-state index in [1.807, 2.05) is 19.9 Å². The number of fused-ring (bicyclic) bond motifs is 1. The number of ether oxygens (including phenoxy) is 3. The molecule has 2 aromatic heterocycles. The Kier molecular flexibility index (Phi) is 7.35. The SMILES string of the molecule is CCN(CC)c1ccc2c(=O)ccn(-c3ccc(OC)c(OC(=O)OCC(C)C)c3)c2n1. The minimum atomic E-state index is -0.805. The van der Waals surface area contributed by atoms with Crippen LogP contribution >= 0.6 is 0 Å². The van der Waals surface area contributed by atoms with E-state index in [-0.39, 0.29) is 23.7 Å². The number of benzene rings is 1. The highest BCUT2D eigenvalue weighted by Crippen LogP contribution is 2.31. The highest BCUT2D eigenvalue weighted by Gasteiger charge is 2.15. The van der Waals surface area contributed by atoms with Crippen LogP contribution in [0.5, 0.6) is 11.5 Å². The zero-order chi connectivity index (χ0) is 23.3. The smallest absolute Gasteiger partial charge is 0.493 e. The second-order valence-electron chi connectivity index (χ2n) is 7.65. The number of aromatic nitrogens is 2. The van der Waals surface area contributed by atoms with Crippen molar-refractivity contribution in [2.45, 2.75) is 27.7 Å². The predicted octanol–water partition coefficient (Wildman–Crippen LogP) is 4.41. The Bertz CT molecular complexity index is 1150. The van der Waals surface area contributed by atoms with Crippen molar-refractivity contribution in [2.24, 2.45) is 5.92 Å². The van der Waals surface area contributed by atoms with Crippen LogP contribution < -0.4 is 19.8 Å². The minimum Gasteiger partial charge on any atom is -0.493 e. The monoisotopic (exact) mass is 439 g/mol. The standard InChI is InChI=1S/C24H29N3O5/c1-6-26(7-2)22-11-9-18-19(28)12-13-27(23(18)25-22)17-8-10-20(30-5)21(14-17)32-24(29)31-15-16(3)4/h8-14,16H,6-7,15H2,1-5H3. The number of carbonyl (C=O) groups is 1. The third-order valence-electron chi connectivity index (χ3n) is 4.97. The molecule has 0 saturated heterocycles. The zero-order valence-corrected chi connectivity index (χ0v) is 19.1. The molecular weight excluding hydrogens is 410 g/mol. The first-order valence-electron chi connectivity index (χ1n) is 10.7. The van der Waals surface area contributed by atoms with Crippen LogP contribution in [0.1, 0.15) is 27.7 Å². The van der Waals surface area contributed by atoms with Gasteiger partial charge in [-0.1, -0.05) is 13.8 Å². The van der Waals surface area contributed by atoms with E-state index in [1.54, 1.807) is 35.0 Å². The molecule has 32 heavy (non-hydrogen) atoms. The molecule has 0 atom stereocenters. The molecule has 0 fully saturated rings. The fourth-order valence-electron chi connectivity index (χ4n) is 3.30. The molecule has 3 rings (SSSR count). The third-order valence-corrected chi connectivity index (χ3v) is 4.97. The number of pyridine rings is 2. The van der Waals surface area contributed by atoms with E-state index in [0.717, 1.165) is 18.9 Å². The van der Waals surface area contributed by atoms with Gasteiger partial charge in [0.2, 0.25) is 0 Å². The van der Waals surface area contributed by atoms with Crippen molar-refractivity contribution in [3.8, 4) is 17.2 Å². The van der Waals surface area contributed by atoms with Crippen molar-refractivity contribution in [1.82, 2.24) is 9.55 Å². The summed E-state index contributed by atoms with van der Waals surface area (Å²) in [7, 11) is 1.49. The van der Waals surface area contributed by atoms with Gasteiger partial charge in [0.05, 0.1) is 24.8 Å². The molecule has 0 aliphatic carbocycles. The molecule has 1 aromatic carbocycles. The Morgan fingerprint density at radius 3 is 2.50 bits per heavy atom. The molecule has 0 radical (unpaired) electrons. The molecule has 0 aliphatic rings. The number of hydrogen-bond acceptors (Lipinski definition) is 7. The summed E-state index contributed by atoms with van der Waals surface area (Å²) in [6.07, 6.45) is 0.854. The highest BCUT2D eigenvalue weighted by atomic mass is 16.7. The van der Waals surface area contributed by atoms with Crippen molar-refractivity contribution in [3.63, 3.8) is 0 Å². The van der Waals surface area contributed by atoms with Gasteiger partial charge in [0.1, 0.15) is 5.82 Å². The quantitative estimate of drug-likeness (QED) is 0.380. The zero-order valence-electron chi connectivity index (χ0n) is 19.1. The van der Waals surface area contributed by atoms with Crippen molar-refractivity contribution < 1.29 is 19.0 Å². The summed E-state index contributed by atoms with van der Waals surface area (Å²) in [4.78, 5) is 31.4. The van der Waals surface area contributed by atoms with E-state index in [1.165, 1.54) is 13.2 Å². The van der Waals surface area contributed by atoms with Gasteiger partial charge >= 0.3 is 6.16 Å². The normalized spacial score (nSPS) is 10.9. The number of nitrogens with zero attached hydrogens (tertiary/aromatic N) is 3.